The van der Waals surface area contributed by atoms with Gasteiger partial charge in [0, 0.05) is 39.3 Å². The molecule has 1 saturated heterocycles. The van der Waals surface area contributed by atoms with E-state index in [-0.39, 0.29) is 30.5 Å². The fourth-order valence-corrected chi connectivity index (χ4v) is 7.19. The van der Waals surface area contributed by atoms with Crippen molar-refractivity contribution in [3.05, 3.63) is 42.0 Å². The van der Waals surface area contributed by atoms with Gasteiger partial charge in [-0.05, 0) is 124 Å². The molecule has 1 aliphatic heterocycles. The molecule has 0 amide bonds. The number of rotatable bonds is 14. The largest absolute Gasteiger partial charge is 0.490 e. The van der Waals surface area contributed by atoms with Crippen LogP contribution in [0.25, 0.3) is 10.8 Å². The second-order valence-electron chi connectivity index (χ2n) is 13.8. The van der Waals surface area contributed by atoms with E-state index in [4.69, 9.17) is 18.9 Å². The maximum atomic E-state index is 11.9. The average molecular weight is 610 g/mol. The Kier molecular flexibility index (Phi) is 12.4. The molecule has 0 aromatic heterocycles. The van der Waals surface area contributed by atoms with Crippen LogP contribution in [0.2, 0.25) is 0 Å². The van der Waals surface area contributed by atoms with Gasteiger partial charge in [0.25, 0.3) is 0 Å². The van der Waals surface area contributed by atoms with E-state index in [1.807, 2.05) is 0 Å². The van der Waals surface area contributed by atoms with Crippen LogP contribution in [-0.4, -0.2) is 66.9 Å². The first-order valence-corrected chi connectivity index (χ1v) is 17.4. The van der Waals surface area contributed by atoms with Crippen LogP contribution >= 0.6 is 0 Å². The third kappa shape index (κ3) is 9.65. The van der Waals surface area contributed by atoms with Gasteiger partial charge in [0.2, 0.25) is 0 Å². The Balaban J connectivity index is 1.15. The summed E-state index contributed by atoms with van der Waals surface area (Å²) in [6.45, 7) is 10.4. The van der Waals surface area contributed by atoms with Crippen LogP contribution < -0.4 is 4.74 Å². The molecule has 3 fully saturated rings. The average Bonchev–Trinajstić information content (AvgIpc) is 3.02. The van der Waals surface area contributed by atoms with E-state index in [2.05, 4.69) is 62.1 Å². The first-order chi connectivity index (χ1) is 21.4. The van der Waals surface area contributed by atoms with Crippen molar-refractivity contribution in [2.45, 2.75) is 122 Å². The summed E-state index contributed by atoms with van der Waals surface area (Å²) in [5, 5.41) is 12.2. The molecule has 0 bridgehead atoms. The molecule has 0 radical (unpaired) electrons. The molecule has 1 heterocycles. The summed E-state index contributed by atoms with van der Waals surface area (Å²) < 4.78 is 24.7. The number of piperidine rings is 1. The smallest absolute Gasteiger partial charge is 0.306 e. The number of carbonyl (C=O) groups is 1. The summed E-state index contributed by atoms with van der Waals surface area (Å²) in [5.74, 6) is 1.17. The van der Waals surface area contributed by atoms with Gasteiger partial charge >= 0.3 is 5.97 Å². The lowest BCUT2D eigenvalue weighted by molar-refractivity contribution is -0.162. The topological polar surface area (TPSA) is 77.5 Å². The summed E-state index contributed by atoms with van der Waals surface area (Å²) in [5.41, 5.74) is 1.23. The predicted molar refractivity (Wildman–Crippen MR) is 174 cm³/mol. The Morgan fingerprint density at radius 1 is 0.886 bits per heavy atom. The van der Waals surface area contributed by atoms with Crippen LogP contribution in [0.5, 0.6) is 5.75 Å². The highest BCUT2D eigenvalue weighted by Crippen LogP contribution is 2.33. The van der Waals surface area contributed by atoms with Crippen LogP contribution in [0.1, 0.15) is 97.0 Å². The van der Waals surface area contributed by atoms with Gasteiger partial charge in [-0.2, -0.15) is 0 Å². The number of aliphatic carboxylic acids is 1. The van der Waals surface area contributed by atoms with Crippen LogP contribution in [-0.2, 0) is 25.5 Å². The molecule has 0 spiro atoms. The van der Waals surface area contributed by atoms with Crippen molar-refractivity contribution in [3.63, 3.8) is 0 Å². The molecule has 5 rings (SSSR count). The maximum absolute atomic E-state index is 11.9. The van der Waals surface area contributed by atoms with Crippen molar-refractivity contribution in [1.82, 2.24) is 4.90 Å². The van der Waals surface area contributed by atoms with Gasteiger partial charge in [0.15, 0.2) is 0 Å². The number of likely N-dealkylation sites (tertiary alicyclic amines) is 1. The molecule has 7 nitrogen and oxygen atoms in total. The van der Waals surface area contributed by atoms with Gasteiger partial charge in [-0.25, -0.2) is 0 Å². The quantitative estimate of drug-likeness (QED) is 0.219. The van der Waals surface area contributed by atoms with Crippen LogP contribution in [0.3, 0.4) is 0 Å². The van der Waals surface area contributed by atoms with Crippen molar-refractivity contribution < 1.29 is 28.8 Å². The van der Waals surface area contributed by atoms with E-state index in [1.165, 1.54) is 29.2 Å². The van der Waals surface area contributed by atoms with Crippen LogP contribution in [0.15, 0.2) is 36.4 Å². The second-order valence-corrected chi connectivity index (χ2v) is 13.8. The Bertz CT molecular complexity index is 1170. The summed E-state index contributed by atoms with van der Waals surface area (Å²) in [6.07, 6.45) is 11.6. The summed E-state index contributed by atoms with van der Waals surface area (Å²) >= 11 is 0. The standard InChI is InChI=1S/C37H55NO6/c1-4-19-41-24-27-6-12-33(13-7-27)43-35-16-11-30-20-29(5-10-31(30)21-35)23-38-18-17-32(37(39)40)22-36(38)44-34-14-8-28(9-15-34)25-42-26(2)3/h5,10-11,16,20-21,26-28,32-34,36H,4,6-9,12-15,17-19,22-25H2,1-3H3,(H,39,40). The number of hydrogen-bond donors (Lipinski definition) is 1. The zero-order chi connectivity index (χ0) is 30.9. The van der Waals surface area contributed by atoms with Crippen LogP contribution in [0, 0.1) is 17.8 Å². The van der Waals surface area contributed by atoms with Crippen molar-refractivity contribution in [1.29, 1.82) is 0 Å². The van der Waals surface area contributed by atoms with E-state index >= 15 is 0 Å². The van der Waals surface area contributed by atoms with Gasteiger partial charge in [0.05, 0.1) is 24.2 Å². The first kappa shape index (κ1) is 33.2. The predicted octanol–water partition coefficient (Wildman–Crippen LogP) is 7.83. The number of fused-ring (bicyclic) bond motifs is 1. The molecule has 7 heteroatoms. The number of nitrogens with zero attached hydrogens (tertiary/aromatic N) is 1. The second kappa shape index (κ2) is 16.4. The molecule has 2 aromatic carbocycles. The minimum absolute atomic E-state index is 0.168. The Morgan fingerprint density at radius 3 is 2.27 bits per heavy atom. The fourth-order valence-electron chi connectivity index (χ4n) is 7.19. The first-order valence-electron chi connectivity index (χ1n) is 17.4. The monoisotopic (exact) mass is 609 g/mol. The summed E-state index contributed by atoms with van der Waals surface area (Å²) in [6, 6.07) is 13.1. The Hall–Kier alpha value is -2.19. The number of ether oxygens (including phenoxy) is 4. The highest BCUT2D eigenvalue weighted by Gasteiger charge is 2.35. The van der Waals surface area contributed by atoms with E-state index < -0.39 is 5.97 Å². The highest BCUT2D eigenvalue weighted by molar-refractivity contribution is 5.84. The number of hydrogen-bond acceptors (Lipinski definition) is 6. The summed E-state index contributed by atoms with van der Waals surface area (Å²) in [7, 11) is 0. The Labute approximate surface area is 264 Å². The van der Waals surface area contributed by atoms with Gasteiger partial charge in [-0.1, -0.05) is 25.1 Å². The number of benzene rings is 2. The van der Waals surface area contributed by atoms with Crippen molar-refractivity contribution >= 4 is 16.7 Å². The molecule has 2 saturated carbocycles. The molecule has 2 atom stereocenters. The molecule has 3 aliphatic rings. The zero-order valence-corrected chi connectivity index (χ0v) is 27.3. The molecule has 2 aliphatic carbocycles. The third-order valence-electron chi connectivity index (χ3n) is 9.88. The minimum Gasteiger partial charge on any atom is -0.490 e. The van der Waals surface area contributed by atoms with Crippen molar-refractivity contribution in [2.24, 2.45) is 17.8 Å². The van der Waals surface area contributed by atoms with E-state index in [0.717, 1.165) is 83.6 Å². The van der Waals surface area contributed by atoms with Crippen molar-refractivity contribution in [2.75, 3.05) is 26.4 Å². The number of carboxylic acids is 1. The van der Waals surface area contributed by atoms with E-state index in [0.29, 0.717) is 24.7 Å². The maximum Gasteiger partial charge on any atom is 0.306 e. The molecule has 2 unspecified atom stereocenters. The molecular weight excluding hydrogens is 554 g/mol. The zero-order valence-electron chi connectivity index (χ0n) is 27.3. The van der Waals surface area contributed by atoms with Gasteiger partial charge in [0.1, 0.15) is 12.0 Å². The van der Waals surface area contributed by atoms with Crippen molar-refractivity contribution in [3.8, 4) is 5.75 Å². The van der Waals surface area contributed by atoms with Gasteiger partial charge in [-0.15, -0.1) is 0 Å². The van der Waals surface area contributed by atoms with Gasteiger partial charge < -0.3 is 24.1 Å². The lowest BCUT2D eigenvalue weighted by atomic mass is 9.87. The summed E-state index contributed by atoms with van der Waals surface area (Å²) in [4.78, 5) is 14.2. The Morgan fingerprint density at radius 2 is 1.57 bits per heavy atom. The van der Waals surface area contributed by atoms with E-state index in [1.54, 1.807) is 0 Å². The lowest BCUT2D eigenvalue weighted by Crippen LogP contribution is -2.47. The third-order valence-corrected chi connectivity index (χ3v) is 9.88. The molecule has 1 N–H and O–H groups in total. The molecule has 2 aromatic rings. The lowest BCUT2D eigenvalue weighted by Gasteiger charge is -2.41. The SMILES string of the molecule is CCCOCC1CCC(Oc2ccc3cc(CN4CCC(C(=O)O)CC4OC4CCC(COC(C)C)CC4)ccc3c2)CC1. The molecular formula is C37H55NO6. The normalized spacial score (nSPS) is 28.4. The van der Waals surface area contributed by atoms with Gasteiger partial charge in [-0.3, -0.25) is 9.69 Å². The molecule has 44 heavy (non-hydrogen) atoms. The minimum atomic E-state index is -0.703. The highest BCUT2D eigenvalue weighted by atomic mass is 16.5. The number of carboxylic acid groups (broad SMARTS) is 1. The fraction of sp³-hybridized carbons (Fsp3) is 0.703. The van der Waals surface area contributed by atoms with Crippen LogP contribution in [0.4, 0.5) is 0 Å². The molecule has 244 valence electrons. The van der Waals surface area contributed by atoms with E-state index in [9.17, 15) is 9.90 Å².